The van der Waals surface area contributed by atoms with Crippen LogP contribution in [-0.4, -0.2) is 59.6 Å². The maximum absolute atomic E-state index is 10.0. The molecule has 148 valence electrons. The predicted molar refractivity (Wildman–Crippen MR) is 99.6 cm³/mol. The van der Waals surface area contributed by atoms with Gasteiger partial charge in [-0.1, -0.05) is 51.2 Å². The van der Waals surface area contributed by atoms with Crippen LogP contribution in [0.25, 0.3) is 0 Å². The van der Waals surface area contributed by atoms with Gasteiger partial charge in [0.15, 0.2) is 0 Å². The summed E-state index contributed by atoms with van der Waals surface area (Å²) in [6.07, 6.45) is 13.5. The Kier molecular flexibility index (Phi) is 13.3. The van der Waals surface area contributed by atoms with Crippen molar-refractivity contribution in [3.8, 4) is 0 Å². The number of hydrogen-bond donors (Lipinski definition) is 3. The summed E-state index contributed by atoms with van der Waals surface area (Å²) >= 11 is 0. The molecule has 0 aromatic heterocycles. The number of aliphatic hydroxyl groups excluding tert-OH is 3. The van der Waals surface area contributed by atoms with Crippen LogP contribution >= 0.6 is 0 Å². The molecule has 0 bridgehead atoms. The molecular weight excluding hydrogens is 320 g/mol. The number of rotatable bonds is 14. The first-order valence-corrected chi connectivity index (χ1v) is 10.1. The van der Waals surface area contributed by atoms with Gasteiger partial charge in [-0.2, -0.15) is 0 Å². The summed E-state index contributed by atoms with van der Waals surface area (Å²) in [5.74, 6) is 0. The summed E-state index contributed by atoms with van der Waals surface area (Å²) in [5, 5.41) is 29.0. The van der Waals surface area contributed by atoms with E-state index >= 15 is 0 Å². The quantitative estimate of drug-likeness (QED) is 0.329. The van der Waals surface area contributed by atoms with Gasteiger partial charge in [0.25, 0.3) is 0 Å². The zero-order chi connectivity index (χ0) is 18.3. The molecule has 3 N–H and O–H groups in total. The molecule has 5 heteroatoms. The minimum absolute atomic E-state index is 0.0950. The Morgan fingerprint density at radius 2 is 1.60 bits per heavy atom. The first-order valence-electron chi connectivity index (χ1n) is 10.1. The third-order valence-electron chi connectivity index (χ3n) is 4.72. The summed E-state index contributed by atoms with van der Waals surface area (Å²) in [7, 11) is 0. The molecule has 1 heterocycles. The second kappa shape index (κ2) is 14.7. The van der Waals surface area contributed by atoms with E-state index in [4.69, 9.17) is 14.6 Å². The largest absolute Gasteiger partial charge is 0.394 e. The average molecular weight is 359 g/mol. The summed E-state index contributed by atoms with van der Waals surface area (Å²) in [5.41, 5.74) is 0. The lowest BCUT2D eigenvalue weighted by molar-refractivity contribution is -0.210. The molecular formula is C20H38O5. The molecule has 4 atom stereocenters. The van der Waals surface area contributed by atoms with E-state index in [9.17, 15) is 10.2 Å². The third kappa shape index (κ3) is 9.71. The van der Waals surface area contributed by atoms with Crippen LogP contribution in [0.1, 0.15) is 71.1 Å². The van der Waals surface area contributed by atoms with Crippen molar-refractivity contribution >= 4 is 0 Å². The van der Waals surface area contributed by atoms with E-state index in [1.807, 2.05) is 0 Å². The van der Waals surface area contributed by atoms with Crippen molar-refractivity contribution in [1.82, 2.24) is 0 Å². The van der Waals surface area contributed by atoms with Gasteiger partial charge in [-0.25, -0.2) is 0 Å². The monoisotopic (exact) mass is 358 g/mol. The van der Waals surface area contributed by atoms with Crippen molar-refractivity contribution in [2.45, 2.75) is 95.5 Å². The van der Waals surface area contributed by atoms with Gasteiger partial charge in [0.1, 0.15) is 24.4 Å². The summed E-state index contributed by atoms with van der Waals surface area (Å²) in [6, 6.07) is 0. The number of hydrogen-bond acceptors (Lipinski definition) is 5. The highest BCUT2D eigenvalue weighted by Gasteiger charge is 2.38. The first kappa shape index (κ1) is 22.6. The molecule has 1 aliphatic rings. The van der Waals surface area contributed by atoms with E-state index in [2.05, 4.69) is 19.1 Å². The Hall–Kier alpha value is -0.460. The van der Waals surface area contributed by atoms with Crippen molar-refractivity contribution in [2.75, 3.05) is 19.8 Å². The normalized spacial score (nSPS) is 27.2. The van der Waals surface area contributed by atoms with Gasteiger partial charge in [-0.15, -0.1) is 0 Å². The Balaban J connectivity index is 1.96. The van der Waals surface area contributed by atoms with Gasteiger partial charge in [0.05, 0.1) is 13.2 Å². The van der Waals surface area contributed by atoms with Crippen LogP contribution in [0, 0.1) is 0 Å². The highest BCUT2D eigenvalue weighted by Crippen LogP contribution is 2.19. The number of unbranched alkanes of at least 4 members (excludes halogenated alkanes) is 8. The minimum atomic E-state index is -0.976. The number of ether oxygens (including phenoxy) is 2. The van der Waals surface area contributed by atoms with Crippen molar-refractivity contribution in [3.63, 3.8) is 0 Å². The SMILES string of the molecule is CCCCCC/C=C/CCCCCCO[C@H]1[C@H](O)[C@@H](CO)OC[C@@H]1O. The second-order valence-electron chi connectivity index (χ2n) is 6.97. The van der Waals surface area contributed by atoms with Gasteiger partial charge in [-0.3, -0.25) is 0 Å². The summed E-state index contributed by atoms with van der Waals surface area (Å²) < 4.78 is 10.8. The van der Waals surface area contributed by atoms with Crippen molar-refractivity contribution < 1.29 is 24.8 Å². The lowest BCUT2D eigenvalue weighted by Gasteiger charge is -2.37. The fourth-order valence-corrected chi connectivity index (χ4v) is 3.09. The van der Waals surface area contributed by atoms with Crippen LogP contribution in [0.5, 0.6) is 0 Å². The van der Waals surface area contributed by atoms with Crippen LogP contribution in [0.2, 0.25) is 0 Å². The Morgan fingerprint density at radius 3 is 2.24 bits per heavy atom. The third-order valence-corrected chi connectivity index (χ3v) is 4.72. The van der Waals surface area contributed by atoms with E-state index < -0.39 is 24.4 Å². The smallest absolute Gasteiger partial charge is 0.114 e. The van der Waals surface area contributed by atoms with E-state index in [1.54, 1.807) is 0 Å². The molecule has 0 aliphatic carbocycles. The highest BCUT2D eigenvalue weighted by atomic mass is 16.6. The van der Waals surface area contributed by atoms with Crippen molar-refractivity contribution in [1.29, 1.82) is 0 Å². The topological polar surface area (TPSA) is 79.2 Å². The molecule has 1 aliphatic heterocycles. The van der Waals surface area contributed by atoms with E-state index in [0.717, 1.165) is 19.3 Å². The molecule has 1 rings (SSSR count). The Bertz CT molecular complexity index is 334. The van der Waals surface area contributed by atoms with Crippen LogP contribution in [0.4, 0.5) is 0 Å². The lowest BCUT2D eigenvalue weighted by Crippen LogP contribution is -2.55. The molecule has 0 unspecified atom stereocenters. The standard InChI is InChI=1S/C20H38O5/c1-2-3-4-5-6-7-8-9-10-11-12-13-14-24-20-17(22)16-25-18(15-21)19(20)23/h7-8,17-23H,2-6,9-16H2,1H3/b8-7+/t17-,18+,19+,20+/m0/s1. The highest BCUT2D eigenvalue weighted by molar-refractivity contribution is 4.87. The average Bonchev–Trinajstić information content (AvgIpc) is 2.61. The molecule has 5 nitrogen and oxygen atoms in total. The van der Waals surface area contributed by atoms with Crippen LogP contribution < -0.4 is 0 Å². The van der Waals surface area contributed by atoms with E-state index in [-0.39, 0.29) is 13.2 Å². The molecule has 0 aromatic carbocycles. The molecule has 0 aromatic rings. The minimum Gasteiger partial charge on any atom is -0.394 e. The molecule has 0 saturated carbocycles. The molecule has 0 amide bonds. The predicted octanol–water partition coefficient (Wildman–Crippen LogP) is 2.96. The molecule has 1 fully saturated rings. The van der Waals surface area contributed by atoms with Gasteiger partial charge >= 0.3 is 0 Å². The molecule has 0 spiro atoms. The van der Waals surface area contributed by atoms with Gasteiger partial charge in [0, 0.05) is 6.61 Å². The molecule has 1 saturated heterocycles. The fourth-order valence-electron chi connectivity index (χ4n) is 3.09. The van der Waals surface area contributed by atoms with Gasteiger partial charge < -0.3 is 24.8 Å². The van der Waals surface area contributed by atoms with E-state index in [1.165, 1.54) is 44.9 Å². The first-order chi connectivity index (χ1) is 12.2. The van der Waals surface area contributed by atoms with Crippen LogP contribution in [-0.2, 0) is 9.47 Å². The maximum Gasteiger partial charge on any atom is 0.114 e. The summed E-state index contributed by atoms with van der Waals surface area (Å²) in [6.45, 7) is 2.59. The lowest BCUT2D eigenvalue weighted by atomic mass is 10.0. The molecule has 0 radical (unpaired) electrons. The summed E-state index contributed by atoms with van der Waals surface area (Å²) in [4.78, 5) is 0. The second-order valence-corrected chi connectivity index (χ2v) is 6.97. The van der Waals surface area contributed by atoms with Crippen LogP contribution in [0.3, 0.4) is 0 Å². The molecule has 25 heavy (non-hydrogen) atoms. The Morgan fingerprint density at radius 1 is 0.960 bits per heavy atom. The fraction of sp³-hybridized carbons (Fsp3) is 0.900. The Labute approximate surface area is 153 Å². The van der Waals surface area contributed by atoms with Gasteiger partial charge in [-0.05, 0) is 32.1 Å². The number of allylic oxidation sites excluding steroid dienone is 2. The van der Waals surface area contributed by atoms with Gasteiger partial charge in [0.2, 0.25) is 0 Å². The van der Waals surface area contributed by atoms with Crippen molar-refractivity contribution in [3.05, 3.63) is 12.2 Å². The van der Waals surface area contributed by atoms with E-state index in [0.29, 0.717) is 6.61 Å². The zero-order valence-corrected chi connectivity index (χ0v) is 15.8. The number of aliphatic hydroxyl groups is 3. The zero-order valence-electron chi connectivity index (χ0n) is 15.8. The van der Waals surface area contributed by atoms with Crippen molar-refractivity contribution in [2.24, 2.45) is 0 Å². The van der Waals surface area contributed by atoms with Crippen LogP contribution in [0.15, 0.2) is 12.2 Å². The maximum atomic E-state index is 10.0.